The first kappa shape index (κ1) is 20.5. The molecule has 27 heavy (non-hydrogen) atoms. The molecule has 2 atom stereocenters. The van der Waals surface area contributed by atoms with Crippen LogP contribution >= 0.6 is 49.7 Å². The van der Waals surface area contributed by atoms with E-state index in [0.29, 0.717) is 48.2 Å². The van der Waals surface area contributed by atoms with Crippen LogP contribution in [0.15, 0.2) is 0 Å². The van der Waals surface area contributed by atoms with Crippen molar-refractivity contribution >= 4 is 58.3 Å². The molecule has 0 bridgehead atoms. The second-order valence-corrected chi connectivity index (χ2v) is 9.47. The van der Waals surface area contributed by atoms with Crippen molar-refractivity contribution in [2.24, 2.45) is 0 Å². The molecule has 11 heteroatoms. The number of rotatable bonds is 2. The summed E-state index contributed by atoms with van der Waals surface area (Å²) in [7, 11) is 0. The molecule has 0 aromatic rings. The van der Waals surface area contributed by atoms with Gasteiger partial charge in [-0.05, 0) is 0 Å². The lowest BCUT2D eigenvalue weighted by Gasteiger charge is -2.50. The minimum absolute atomic E-state index is 0.0954. The number of likely N-dealkylation sites (tertiary alicyclic amines) is 2. The van der Waals surface area contributed by atoms with E-state index in [9.17, 15) is 0 Å². The van der Waals surface area contributed by atoms with Gasteiger partial charge in [-0.1, -0.05) is 24.4 Å². The zero-order chi connectivity index (χ0) is 19.1. The van der Waals surface area contributed by atoms with Crippen LogP contribution in [0.3, 0.4) is 0 Å². The Bertz CT molecular complexity index is 548. The summed E-state index contributed by atoms with van der Waals surface area (Å²) < 4.78 is 25.5. The predicted molar refractivity (Wildman–Crippen MR) is 116 cm³/mol. The summed E-state index contributed by atoms with van der Waals surface area (Å²) in [5, 5.41) is 3.72. The van der Waals surface area contributed by atoms with Crippen LogP contribution in [-0.4, -0.2) is 94.7 Å². The maximum absolute atomic E-state index is 6.07. The molecule has 4 saturated heterocycles. The van der Waals surface area contributed by atoms with Gasteiger partial charge in [0.25, 0.3) is 0 Å². The molecule has 0 aromatic carbocycles. The van der Waals surface area contributed by atoms with Crippen molar-refractivity contribution in [2.75, 3.05) is 52.6 Å². The largest absolute Gasteiger partial charge is 0.356 e. The molecule has 4 aliphatic rings. The molecular formula is C16H25N3O4S4. The second-order valence-electron chi connectivity index (χ2n) is 7.25. The average Bonchev–Trinajstić information content (AvgIpc) is 3.29. The van der Waals surface area contributed by atoms with E-state index >= 15 is 0 Å². The van der Waals surface area contributed by atoms with Crippen LogP contribution in [0.2, 0.25) is 0 Å². The minimum Gasteiger partial charge on any atom is -0.356 e. The van der Waals surface area contributed by atoms with E-state index in [-0.39, 0.29) is 12.1 Å². The summed E-state index contributed by atoms with van der Waals surface area (Å²) in [6, 6.07) is -0.191. The van der Waals surface area contributed by atoms with Crippen LogP contribution in [0.1, 0.15) is 12.8 Å². The molecule has 0 amide bonds. The lowest BCUT2D eigenvalue weighted by atomic mass is 9.92. The molecule has 0 saturated carbocycles. The number of hydrogen-bond acceptors (Lipinski definition) is 7. The van der Waals surface area contributed by atoms with E-state index < -0.39 is 11.6 Å². The first-order chi connectivity index (χ1) is 12.9. The van der Waals surface area contributed by atoms with Crippen molar-refractivity contribution < 1.29 is 18.9 Å². The van der Waals surface area contributed by atoms with Crippen molar-refractivity contribution in [3.8, 4) is 0 Å². The molecule has 0 aliphatic carbocycles. The van der Waals surface area contributed by atoms with Gasteiger partial charge in [-0.3, -0.25) is 5.32 Å². The van der Waals surface area contributed by atoms with Gasteiger partial charge in [-0.2, -0.15) is 0 Å². The zero-order valence-corrected chi connectivity index (χ0v) is 18.4. The number of piperidine rings is 2. The standard InChI is InChI=1S/C16H25N3O4S4/c24-13(25)18-3-1-15(20-5-6-21-15)11(9-18)17-12-10-19(14(26)27)4-2-16(12)22-7-8-23-16/h11-12,17H,1-10H2,(H,24,25)(H,26,27). The van der Waals surface area contributed by atoms with Crippen LogP contribution in [-0.2, 0) is 18.9 Å². The Morgan fingerprint density at radius 2 is 1.15 bits per heavy atom. The third-order valence-electron chi connectivity index (χ3n) is 5.82. The minimum atomic E-state index is -0.654. The van der Waals surface area contributed by atoms with Crippen LogP contribution < -0.4 is 5.32 Å². The summed E-state index contributed by atoms with van der Waals surface area (Å²) in [4.78, 5) is 4.14. The highest BCUT2D eigenvalue weighted by Gasteiger charge is 2.54. The third kappa shape index (κ3) is 3.99. The van der Waals surface area contributed by atoms with Gasteiger partial charge in [0.15, 0.2) is 11.6 Å². The first-order valence-corrected chi connectivity index (χ1v) is 10.9. The molecule has 2 spiro atoms. The summed E-state index contributed by atoms with van der Waals surface area (Å²) in [6.45, 7) is 5.21. The van der Waals surface area contributed by atoms with E-state index in [0.717, 1.165) is 25.9 Å². The summed E-state index contributed by atoms with van der Waals surface area (Å²) in [6.07, 6.45) is 1.45. The summed E-state index contributed by atoms with van der Waals surface area (Å²) >= 11 is 19.3. The number of ether oxygens (including phenoxy) is 4. The van der Waals surface area contributed by atoms with Crippen molar-refractivity contribution in [1.82, 2.24) is 15.1 Å². The highest BCUT2D eigenvalue weighted by molar-refractivity contribution is 8.11. The summed E-state index contributed by atoms with van der Waals surface area (Å²) in [5.74, 6) is -1.31. The normalized spacial score (nSPS) is 32.4. The fraction of sp³-hybridized carbons (Fsp3) is 0.875. The maximum Gasteiger partial charge on any atom is 0.187 e. The van der Waals surface area contributed by atoms with Gasteiger partial charge < -0.3 is 28.7 Å². The zero-order valence-electron chi connectivity index (χ0n) is 15.0. The third-order valence-corrected chi connectivity index (χ3v) is 6.91. The SMILES string of the molecule is S=C(S)N1CCC2(OCCO2)C(NC2CN(C(=S)S)CCC23OCCO3)C1. The topological polar surface area (TPSA) is 55.4 Å². The van der Waals surface area contributed by atoms with Gasteiger partial charge in [0, 0.05) is 39.0 Å². The average molecular weight is 452 g/mol. The smallest absolute Gasteiger partial charge is 0.187 e. The fourth-order valence-electron chi connectivity index (χ4n) is 4.41. The second kappa shape index (κ2) is 8.19. The Labute approximate surface area is 181 Å². The van der Waals surface area contributed by atoms with E-state index in [1.165, 1.54) is 0 Å². The molecule has 1 N–H and O–H groups in total. The van der Waals surface area contributed by atoms with Gasteiger partial charge >= 0.3 is 0 Å². The molecule has 0 aromatic heterocycles. The molecule has 4 fully saturated rings. The van der Waals surface area contributed by atoms with Gasteiger partial charge in [0.05, 0.1) is 38.5 Å². The lowest BCUT2D eigenvalue weighted by Crippen LogP contribution is -2.70. The van der Waals surface area contributed by atoms with Crippen LogP contribution in [0, 0.1) is 0 Å². The van der Waals surface area contributed by atoms with E-state index in [2.05, 4.69) is 40.4 Å². The van der Waals surface area contributed by atoms with E-state index in [4.69, 9.17) is 43.4 Å². The Kier molecular flexibility index (Phi) is 6.23. The fourth-order valence-corrected chi connectivity index (χ4v) is 5.11. The maximum atomic E-state index is 6.07. The highest BCUT2D eigenvalue weighted by atomic mass is 32.1. The molecular weight excluding hydrogens is 426 g/mol. The molecule has 4 rings (SSSR count). The van der Waals surface area contributed by atoms with Crippen molar-refractivity contribution in [2.45, 2.75) is 36.5 Å². The lowest BCUT2D eigenvalue weighted by molar-refractivity contribution is -0.226. The molecule has 4 heterocycles. The Morgan fingerprint density at radius 3 is 1.48 bits per heavy atom. The van der Waals surface area contributed by atoms with Crippen molar-refractivity contribution in [3.63, 3.8) is 0 Å². The molecule has 152 valence electrons. The van der Waals surface area contributed by atoms with Gasteiger partial charge in [-0.25, -0.2) is 0 Å². The molecule has 0 radical (unpaired) electrons. The highest BCUT2D eigenvalue weighted by Crippen LogP contribution is 2.36. The molecule has 7 nitrogen and oxygen atoms in total. The number of nitrogens with one attached hydrogen (secondary N) is 1. The monoisotopic (exact) mass is 451 g/mol. The molecule has 2 unspecified atom stereocenters. The Morgan fingerprint density at radius 1 is 0.778 bits per heavy atom. The van der Waals surface area contributed by atoms with E-state index in [1.54, 1.807) is 0 Å². The quantitative estimate of drug-likeness (QED) is 0.415. The van der Waals surface area contributed by atoms with Crippen LogP contribution in [0.25, 0.3) is 0 Å². The number of thiol groups is 2. The Balaban J connectivity index is 1.57. The van der Waals surface area contributed by atoms with Gasteiger partial charge in [0.2, 0.25) is 0 Å². The van der Waals surface area contributed by atoms with Crippen LogP contribution in [0.4, 0.5) is 0 Å². The van der Waals surface area contributed by atoms with Gasteiger partial charge in [-0.15, -0.1) is 25.3 Å². The predicted octanol–water partition coefficient (Wildman–Crippen LogP) is 0.640. The molecule has 4 aliphatic heterocycles. The van der Waals surface area contributed by atoms with Crippen LogP contribution in [0.5, 0.6) is 0 Å². The van der Waals surface area contributed by atoms with Crippen molar-refractivity contribution in [3.05, 3.63) is 0 Å². The number of hydrogen-bond donors (Lipinski definition) is 3. The summed E-state index contributed by atoms with van der Waals surface area (Å²) in [5.41, 5.74) is 0. The first-order valence-electron chi connectivity index (χ1n) is 9.22. The van der Waals surface area contributed by atoms with Gasteiger partial charge in [0.1, 0.15) is 8.64 Å². The van der Waals surface area contributed by atoms with E-state index in [1.807, 2.05) is 0 Å². The van der Waals surface area contributed by atoms with Crippen molar-refractivity contribution in [1.29, 1.82) is 0 Å². The Hall–Kier alpha value is 0.280. The number of nitrogens with zero attached hydrogens (tertiary/aromatic N) is 2. The number of thiocarbonyl (C=S) groups is 2.